The van der Waals surface area contributed by atoms with Gasteiger partial charge in [0, 0.05) is 29.3 Å². The van der Waals surface area contributed by atoms with E-state index in [1.54, 1.807) is 24.4 Å². The predicted octanol–water partition coefficient (Wildman–Crippen LogP) is 4.43. The summed E-state index contributed by atoms with van der Waals surface area (Å²) in [5.74, 6) is 0.205. The van der Waals surface area contributed by atoms with Crippen molar-refractivity contribution in [1.82, 2.24) is 25.5 Å². The number of hydrogen-bond donors (Lipinski definition) is 2. The number of pyridine rings is 1. The van der Waals surface area contributed by atoms with Gasteiger partial charge in [0.2, 0.25) is 11.8 Å². The minimum Gasteiger partial charge on any atom is -0.507 e. The van der Waals surface area contributed by atoms with Crippen molar-refractivity contribution in [2.75, 3.05) is 12.0 Å². The van der Waals surface area contributed by atoms with Crippen molar-refractivity contribution in [1.29, 1.82) is 0 Å². The molecule has 194 valence electrons. The zero-order chi connectivity index (χ0) is 25.9. The molecule has 4 heterocycles. The van der Waals surface area contributed by atoms with Gasteiger partial charge in [-0.1, -0.05) is 6.07 Å². The molecule has 2 saturated heterocycles. The van der Waals surface area contributed by atoms with Crippen LogP contribution in [-0.2, 0) is 0 Å². The summed E-state index contributed by atoms with van der Waals surface area (Å²) in [5.41, 5.74) is 0.860. The Labute approximate surface area is 214 Å². The third-order valence-corrected chi connectivity index (χ3v) is 8.05. The number of halogens is 2. The molecular formula is C27H30F2N6O2. The van der Waals surface area contributed by atoms with Crippen molar-refractivity contribution in [3.63, 3.8) is 0 Å². The van der Waals surface area contributed by atoms with Crippen molar-refractivity contribution in [2.24, 2.45) is 0 Å². The number of phenols is 1. The largest absolute Gasteiger partial charge is 0.507 e. The van der Waals surface area contributed by atoms with Crippen LogP contribution in [-0.4, -0.2) is 61.7 Å². The fourth-order valence-corrected chi connectivity index (χ4v) is 6.07. The van der Waals surface area contributed by atoms with Crippen LogP contribution in [0, 0.1) is 5.95 Å². The Morgan fingerprint density at radius 1 is 1.11 bits per heavy atom. The minimum atomic E-state index is -1.03. The van der Waals surface area contributed by atoms with Gasteiger partial charge in [0.15, 0.2) is 11.6 Å². The average molecular weight is 509 g/mol. The maximum absolute atomic E-state index is 15.8. The molecule has 10 heteroatoms. The molecule has 2 aliphatic heterocycles. The van der Waals surface area contributed by atoms with E-state index in [2.05, 4.69) is 37.3 Å². The van der Waals surface area contributed by atoms with Crippen LogP contribution in [0.15, 0.2) is 36.5 Å². The molecule has 0 spiro atoms. The minimum absolute atomic E-state index is 0.0677. The zero-order valence-electron chi connectivity index (χ0n) is 21.1. The number of fused-ring (bicyclic) bond motifs is 2. The Bertz CT molecular complexity index is 1340. The maximum atomic E-state index is 15.8. The molecular weight excluding hydrogens is 478 g/mol. The van der Waals surface area contributed by atoms with Crippen LogP contribution in [0.25, 0.3) is 22.5 Å². The van der Waals surface area contributed by atoms with Gasteiger partial charge in [0.05, 0.1) is 24.9 Å². The Kier molecular flexibility index (Phi) is 5.56. The lowest BCUT2D eigenvalue weighted by Gasteiger charge is -2.48. The van der Waals surface area contributed by atoms with Crippen molar-refractivity contribution in [3.05, 3.63) is 42.5 Å². The fraction of sp³-hybridized carbons (Fsp3) is 0.481. The van der Waals surface area contributed by atoms with Crippen LogP contribution in [0.5, 0.6) is 11.6 Å². The van der Waals surface area contributed by atoms with Gasteiger partial charge in [-0.15, -0.1) is 10.2 Å². The molecule has 3 aromatic rings. The van der Waals surface area contributed by atoms with E-state index in [1.807, 2.05) is 6.92 Å². The van der Waals surface area contributed by atoms with Crippen LogP contribution in [0.4, 0.5) is 14.6 Å². The Hall–Kier alpha value is -3.40. The van der Waals surface area contributed by atoms with Gasteiger partial charge >= 0.3 is 0 Å². The normalized spacial score (nSPS) is 28.8. The lowest BCUT2D eigenvalue weighted by molar-refractivity contribution is 0.0831. The Morgan fingerprint density at radius 2 is 1.92 bits per heavy atom. The first-order valence-electron chi connectivity index (χ1n) is 12.6. The van der Waals surface area contributed by atoms with Gasteiger partial charge in [-0.3, -0.25) is 0 Å². The number of aromatic hydroxyl groups is 1. The molecule has 1 saturated carbocycles. The SMILES string of the molecule is COc1cc(-c2ccc(-c3ncc(N(C4CC4)[C@@H]4C[C@@]5(C)CC[C@](C)(N5)[C@@H]4F)nn3)c(O)c2)cc(F)n1. The maximum Gasteiger partial charge on any atom is 0.216 e. The van der Waals surface area contributed by atoms with Crippen molar-refractivity contribution < 1.29 is 18.6 Å². The number of rotatable bonds is 6. The zero-order valence-corrected chi connectivity index (χ0v) is 21.1. The third kappa shape index (κ3) is 4.27. The highest BCUT2D eigenvalue weighted by atomic mass is 19.1. The van der Waals surface area contributed by atoms with E-state index < -0.39 is 17.7 Å². The Morgan fingerprint density at radius 3 is 2.59 bits per heavy atom. The highest BCUT2D eigenvalue weighted by Gasteiger charge is 2.58. The van der Waals surface area contributed by atoms with Gasteiger partial charge in [-0.25, -0.2) is 9.37 Å². The number of methoxy groups -OCH3 is 1. The number of alkyl halides is 1. The second-order valence-corrected chi connectivity index (χ2v) is 11.0. The van der Waals surface area contributed by atoms with Gasteiger partial charge in [0.25, 0.3) is 0 Å². The molecule has 4 atom stereocenters. The molecule has 37 heavy (non-hydrogen) atoms. The molecule has 6 rings (SSSR count). The van der Waals surface area contributed by atoms with E-state index >= 15 is 4.39 Å². The fourth-order valence-electron chi connectivity index (χ4n) is 6.07. The van der Waals surface area contributed by atoms with Gasteiger partial charge in [-0.2, -0.15) is 9.37 Å². The number of phenolic OH excluding ortho intramolecular Hbond substituents is 1. The van der Waals surface area contributed by atoms with Crippen molar-refractivity contribution in [3.8, 4) is 34.1 Å². The summed E-state index contributed by atoms with van der Waals surface area (Å²) in [6.45, 7) is 4.16. The smallest absolute Gasteiger partial charge is 0.216 e. The first-order valence-corrected chi connectivity index (χ1v) is 12.6. The molecule has 0 unspecified atom stereocenters. The van der Waals surface area contributed by atoms with Crippen LogP contribution in [0.3, 0.4) is 0 Å². The highest BCUT2D eigenvalue weighted by Crippen LogP contribution is 2.47. The average Bonchev–Trinajstić information content (AvgIpc) is 3.67. The molecule has 3 aliphatic rings. The molecule has 1 aliphatic carbocycles. The van der Waals surface area contributed by atoms with Crippen molar-refractivity contribution in [2.45, 2.75) is 75.3 Å². The summed E-state index contributed by atoms with van der Waals surface area (Å²) in [6.07, 6.45) is 5.06. The number of hydrogen-bond acceptors (Lipinski definition) is 8. The molecule has 0 amide bonds. The second kappa shape index (κ2) is 8.58. The van der Waals surface area contributed by atoms with E-state index in [1.165, 1.54) is 19.2 Å². The van der Waals surface area contributed by atoms with Crippen molar-refractivity contribution >= 4 is 5.82 Å². The first kappa shape index (κ1) is 24.0. The van der Waals surface area contributed by atoms with Crippen LogP contribution >= 0.6 is 0 Å². The molecule has 3 fully saturated rings. The number of nitrogens with zero attached hydrogens (tertiary/aromatic N) is 5. The number of ether oxygens (including phenoxy) is 1. The lowest BCUT2D eigenvalue weighted by atomic mass is 9.82. The topological polar surface area (TPSA) is 96.3 Å². The molecule has 0 radical (unpaired) electrons. The van der Waals surface area contributed by atoms with Crippen LogP contribution < -0.4 is 15.0 Å². The molecule has 8 nitrogen and oxygen atoms in total. The molecule has 2 N–H and O–H groups in total. The summed E-state index contributed by atoms with van der Waals surface area (Å²) in [7, 11) is 1.41. The van der Waals surface area contributed by atoms with E-state index in [9.17, 15) is 9.50 Å². The van der Waals surface area contributed by atoms with E-state index in [0.29, 0.717) is 28.9 Å². The summed E-state index contributed by atoms with van der Waals surface area (Å²) >= 11 is 0. The number of anilines is 1. The number of aromatic nitrogens is 4. The number of piperidine rings is 1. The predicted molar refractivity (Wildman–Crippen MR) is 135 cm³/mol. The van der Waals surface area contributed by atoms with Crippen LogP contribution in [0.2, 0.25) is 0 Å². The summed E-state index contributed by atoms with van der Waals surface area (Å²) in [5, 5.41) is 23.0. The standard InChI is InChI=1S/C27H30F2N6O2/c1-26-8-9-27(2,34-26)24(29)19(13-26)35(17-5-6-17)22-14-30-25(33-32-22)18-7-4-15(10-20(18)36)16-11-21(28)31-23(12-16)37-3/h4,7,10-12,14,17,19,24,34,36H,5-6,8-9,13H2,1-3H3/t19-,24-,26-,27+/m1/s1. The first-order chi connectivity index (χ1) is 17.7. The highest BCUT2D eigenvalue weighted by molar-refractivity contribution is 5.73. The third-order valence-electron chi connectivity index (χ3n) is 8.05. The van der Waals surface area contributed by atoms with E-state index in [4.69, 9.17) is 4.74 Å². The van der Waals surface area contributed by atoms with Crippen LogP contribution in [0.1, 0.15) is 46.0 Å². The number of nitrogens with one attached hydrogen (secondary N) is 1. The molecule has 2 aromatic heterocycles. The lowest BCUT2D eigenvalue weighted by Crippen LogP contribution is -2.66. The van der Waals surface area contributed by atoms with Gasteiger partial charge in [-0.05, 0) is 69.2 Å². The number of benzene rings is 1. The molecule has 2 bridgehead atoms. The summed E-state index contributed by atoms with van der Waals surface area (Å²) in [4.78, 5) is 10.2. The van der Waals surface area contributed by atoms with Gasteiger partial charge < -0.3 is 20.1 Å². The van der Waals surface area contributed by atoms with E-state index in [0.717, 1.165) is 25.7 Å². The quantitative estimate of drug-likeness (QED) is 0.472. The Balaban J connectivity index is 1.28. The molecule has 1 aromatic carbocycles. The monoisotopic (exact) mass is 508 g/mol. The second-order valence-electron chi connectivity index (χ2n) is 11.0. The summed E-state index contributed by atoms with van der Waals surface area (Å²) < 4.78 is 34.7. The summed E-state index contributed by atoms with van der Waals surface area (Å²) in [6, 6.07) is 7.70. The van der Waals surface area contributed by atoms with Gasteiger partial charge in [0.1, 0.15) is 11.9 Å². The van der Waals surface area contributed by atoms with E-state index in [-0.39, 0.29) is 35.1 Å².